The summed E-state index contributed by atoms with van der Waals surface area (Å²) in [5.74, 6) is 1.07. The van der Waals surface area contributed by atoms with E-state index in [1.807, 2.05) is 0 Å². The van der Waals surface area contributed by atoms with Gasteiger partial charge in [-0.3, -0.25) is 4.79 Å². The van der Waals surface area contributed by atoms with E-state index in [1.54, 1.807) is 0 Å². The molecule has 0 spiro atoms. The average Bonchev–Trinajstić information content (AvgIpc) is 2.36. The van der Waals surface area contributed by atoms with Crippen LogP contribution in [0.3, 0.4) is 0 Å². The molecular formula is C16H27NO. The van der Waals surface area contributed by atoms with Crippen molar-refractivity contribution in [3.8, 4) is 0 Å². The molecule has 2 heteroatoms. The molecule has 18 heavy (non-hydrogen) atoms. The highest BCUT2D eigenvalue weighted by Crippen LogP contribution is 2.58. The van der Waals surface area contributed by atoms with Crippen molar-refractivity contribution in [1.82, 2.24) is 5.32 Å². The third-order valence-electron chi connectivity index (χ3n) is 5.32. The summed E-state index contributed by atoms with van der Waals surface area (Å²) in [7, 11) is 0. The Labute approximate surface area is 111 Å². The van der Waals surface area contributed by atoms with Crippen molar-refractivity contribution in [3.63, 3.8) is 0 Å². The molecule has 3 unspecified atom stereocenters. The van der Waals surface area contributed by atoms with Gasteiger partial charge in [0.05, 0.1) is 0 Å². The smallest absolute Gasteiger partial charge is 0.224 e. The minimum Gasteiger partial charge on any atom is -0.356 e. The number of hydrogen-bond donors (Lipinski definition) is 1. The fourth-order valence-electron chi connectivity index (χ4n) is 3.58. The number of hydrogen-bond acceptors (Lipinski definition) is 1. The van der Waals surface area contributed by atoms with E-state index in [2.05, 4.69) is 45.2 Å². The first-order valence-corrected chi connectivity index (χ1v) is 7.42. The molecule has 1 amide bonds. The zero-order valence-electron chi connectivity index (χ0n) is 12.3. The van der Waals surface area contributed by atoms with Crippen LogP contribution >= 0.6 is 0 Å². The Hall–Kier alpha value is -0.790. The van der Waals surface area contributed by atoms with Gasteiger partial charge in [-0.25, -0.2) is 0 Å². The Bertz CT molecular complexity index is 360. The van der Waals surface area contributed by atoms with Gasteiger partial charge >= 0.3 is 0 Å². The molecule has 0 heterocycles. The largest absolute Gasteiger partial charge is 0.356 e. The lowest BCUT2D eigenvalue weighted by atomic mass is 9.51. The monoisotopic (exact) mass is 249 g/mol. The van der Waals surface area contributed by atoms with E-state index in [9.17, 15) is 4.79 Å². The van der Waals surface area contributed by atoms with E-state index in [1.165, 1.54) is 6.42 Å². The highest BCUT2D eigenvalue weighted by molar-refractivity contribution is 5.80. The van der Waals surface area contributed by atoms with Gasteiger partial charge in [0, 0.05) is 12.5 Å². The van der Waals surface area contributed by atoms with E-state index in [0.29, 0.717) is 5.92 Å². The maximum Gasteiger partial charge on any atom is 0.224 e. The fraction of sp³-hybridized carbons (Fsp3) is 0.812. The molecule has 3 aliphatic carbocycles. The van der Waals surface area contributed by atoms with Crippen LogP contribution in [0.1, 0.15) is 53.4 Å². The molecule has 0 radical (unpaired) electrons. The van der Waals surface area contributed by atoms with Gasteiger partial charge in [0.1, 0.15) is 0 Å². The lowest BCUT2D eigenvalue weighted by Gasteiger charge is -2.53. The van der Waals surface area contributed by atoms with E-state index in [4.69, 9.17) is 0 Å². The van der Waals surface area contributed by atoms with Crippen LogP contribution in [0.15, 0.2) is 12.2 Å². The minimum absolute atomic E-state index is 0.0917. The van der Waals surface area contributed by atoms with Gasteiger partial charge in [-0.15, -0.1) is 0 Å². The summed E-state index contributed by atoms with van der Waals surface area (Å²) in [6.07, 6.45) is 9.19. The molecule has 2 bridgehead atoms. The van der Waals surface area contributed by atoms with E-state index >= 15 is 0 Å². The van der Waals surface area contributed by atoms with E-state index in [-0.39, 0.29) is 22.7 Å². The zero-order valence-corrected chi connectivity index (χ0v) is 12.3. The molecule has 0 aromatic carbocycles. The fourth-order valence-corrected chi connectivity index (χ4v) is 3.58. The predicted molar refractivity (Wildman–Crippen MR) is 75.2 cm³/mol. The van der Waals surface area contributed by atoms with Gasteiger partial charge in [-0.05, 0) is 42.4 Å². The Morgan fingerprint density at radius 2 is 2.11 bits per heavy atom. The van der Waals surface area contributed by atoms with Crippen molar-refractivity contribution in [2.45, 2.75) is 53.4 Å². The van der Waals surface area contributed by atoms with Gasteiger partial charge in [0.25, 0.3) is 0 Å². The summed E-state index contributed by atoms with van der Waals surface area (Å²) in [5, 5.41) is 3.10. The highest BCUT2D eigenvalue weighted by Gasteiger charge is 2.52. The van der Waals surface area contributed by atoms with Crippen LogP contribution in [0.5, 0.6) is 0 Å². The lowest BCUT2D eigenvalue weighted by molar-refractivity contribution is -0.133. The van der Waals surface area contributed by atoms with Crippen molar-refractivity contribution < 1.29 is 4.79 Å². The summed E-state index contributed by atoms with van der Waals surface area (Å²) in [6.45, 7) is 9.75. The Kier molecular flexibility index (Phi) is 3.57. The van der Waals surface area contributed by atoms with Crippen molar-refractivity contribution >= 4 is 5.91 Å². The second-order valence-electron chi connectivity index (χ2n) is 6.77. The van der Waals surface area contributed by atoms with Gasteiger partial charge in [0.2, 0.25) is 5.91 Å². The maximum absolute atomic E-state index is 12.4. The number of nitrogens with one attached hydrogen (secondary N) is 1. The SMILES string of the molecule is CCCNC(=O)C1CC2(C(C)C)C=CC1(C)CC2. The van der Waals surface area contributed by atoms with E-state index < -0.39 is 0 Å². The predicted octanol–water partition coefficient (Wildman–Crippen LogP) is 3.53. The molecular weight excluding hydrogens is 222 g/mol. The first-order chi connectivity index (χ1) is 8.43. The number of amides is 1. The van der Waals surface area contributed by atoms with Gasteiger partial charge in [-0.1, -0.05) is 39.8 Å². The van der Waals surface area contributed by atoms with Gasteiger partial charge in [0.15, 0.2) is 0 Å². The Morgan fingerprint density at radius 3 is 2.61 bits per heavy atom. The summed E-state index contributed by atoms with van der Waals surface area (Å²) in [5.41, 5.74) is 0.362. The van der Waals surface area contributed by atoms with Crippen LogP contribution in [0.2, 0.25) is 0 Å². The molecule has 0 aromatic rings. The first kappa shape index (κ1) is 13.6. The van der Waals surface area contributed by atoms with E-state index in [0.717, 1.165) is 25.8 Å². The second kappa shape index (κ2) is 4.71. The minimum atomic E-state index is 0.0917. The standard InChI is InChI=1S/C16H27NO/c1-5-10-17-14(18)13-11-16(12(2)3)8-6-15(13,4)7-9-16/h6,8,12-13H,5,7,9-11H2,1-4H3,(H,17,18). The van der Waals surface area contributed by atoms with Crippen LogP contribution in [-0.2, 0) is 4.79 Å². The molecule has 102 valence electrons. The molecule has 3 rings (SSSR count). The van der Waals surface area contributed by atoms with Crippen LogP contribution in [0, 0.1) is 22.7 Å². The first-order valence-electron chi connectivity index (χ1n) is 7.42. The topological polar surface area (TPSA) is 29.1 Å². The van der Waals surface area contributed by atoms with Crippen LogP contribution in [0.4, 0.5) is 0 Å². The Balaban J connectivity index is 2.19. The number of carbonyl (C=O) groups is 1. The van der Waals surface area contributed by atoms with Crippen molar-refractivity contribution in [3.05, 3.63) is 12.2 Å². The summed E-state index contributed by atoms with van der Waals surface area (Å²) < 4.78 is 0. The molecule has 0 aliphatic heterocycles. The molecule has 1 saturated carbocycles. The number of fused-ring (bicyclic) bond motifs is 2. The third-order valence-corrected chi connectivity index (χ3v) is 5.32. The Morgan fingerprint density at radius 1 is 1.39 bits per heavy atom. The number of carbonyl (C=O) groups excluding carboxylic acids is 1. The van der Waals surface area contributed by atoms with Crippen molar-refractivity contribution in [2.24, 2.45) is 22.7 Å². The lowest BCUT2D eigenvalue weighted by Crippen LogP contribution is -2.50. The van der Waals surface area contributed by atoms with Crippen LogP contribution < -0.4 is 5.32 Å². The summed E-state index contributed by atoms with van der Waals surface area (Å²) in [6, 6.07) is 0. The average molecular weight is 249 g/mol. The normalized spacial score (nSPS) is 38.2. The summed E-state index contributed by atoms with van der Waals surface area (Å²) in [4.78, 5) is 12.4. The number of allylic oxidation sites excluding steroid dienone is 2. The molecule has 1 fully saturated rings. The third kappa shape index (κ3) is 2.10. The molecule has 0 saturated heterocycles. The molecule has 3 atom stereocenters. The van der Waals surface area contributed by atoms with Gasteiger partial charge in [-0.2, -0.15) is 0 Å². The van der Waals surface area contributed by atoms with Crippen LogP contribution in [0.25, 0.3) is 0 Å². The molecule has 0 aromatic heterocycles. The second-order valence-corrected chi connectivity index (χ2v) is 6.77. The quantitative estimate of drug-likeness (QED) is 0.759. The number of rotatable bonds is 4. The van der Waals surface area contributed by atoms with Gasteiger partial charge < -0.3 is 5.32 Å². The molecule has 1 N–H and O–H groups in total. The zero-order chi connectivity index (χ0) is 13.4. The highest BCUT2D eigenvalue weighted by atomic mass is 16.1. The molecule has 2 nitrogen and oxygen atoms in total. The van der Waals surface area contributed by atoms with Crippen molar-refractivity contribution in [1.29, 1.82) is 0 Å². The van der Waals surface area contributed by atoms with Crippen molar-refractivity contribution in [2.75, 3.05) is 6.54 Å². The maximum atomic E-state index is 12.4. The summed E-state index contributed by atoms with van der Waals surface area (Å²) >= 11 is 0. The van der Waals surface area contributed by atoms with Crippen LogP contribution in [-0.4, -0.2) is 12.5 Å². The molecule has 3 aliphatic rings.